The molecule has 2 N–H and O–H groups in total. The van der Waals surface area contributed by atoms with Gasteiger partial charge in [-0.05, 0) is 17.2 Å². The van der Waals surface area contributed by atoms with Crippen molar-refractivity contribution >= 4 is 60.8 Å². The fraction of sp³-hybridized carbons (Fsp3) is 0.519. The molecule has 2 aromatic heterocycles. The van der Waals surface area contributed by atoms with Gasteiger partial charge >= 0.3 is 0 Å². The lowest BCUT2D eigenvalue weighted by molar-refractivity contribution is -0.526. The average molecular weight is 616 g/mol. The fourth-order valence-corrected chi connectivity index (χ4v) is 7.60. The van der Waals surface area contributed by atoms with E-state index in [1.54, 1.807) is 21.1 Å². The van der Waals surface area contributed by atoms with Gasteiger partial charge in [0, 0.05) is 69.1 Å². The van der Waals surface area contributed by atoms with Crippen LogP contribution in [0.3, 0.4) is 0 Å². The number of hydrogen-bond donors (Lipinski definition) is 2. The molecule has 13 nitrogen and oxygen atoms in total. The number of fused-ring (bicyclic) bond motifs is 2. The van der Waals surface area contributed by atoms with Gasteiger partial charge in [0.1, 0.15) is 11.6 Å². The second-order valence-electron chi connectivity index (χ2n) is 10.8. The summed E-state index contributed by atoms with van der Waals surface area (Å²) in [4.78, 5) is 27.3. The van der Waals surface area contributed by atoms with Crippen LogP contribution in [0.1, 0.15) is 23.5 Å². The van der Waals surface area contributed by atoms with Crippen molar-refractivity contribution in [1.82, 2.24) is 24.7 Å². The van der Waals surface area contributed by atoms with Gasteiger partial charge in [0.15, 0.2) is 24.4 Å². The van der Waals surface area contributed by atoms with Crippen LogP contribution < -0.4 is 10.4 Å². The standard InChI is InChI=1S/C27H34N8O5S2/c1-42(38,39)35-10-8-32(9-11-35)17-19-16-23-25(41-19)27(33-12-14-40-15-13-33)29-26(28-23)20-4-2-5-22-21(20)18-34(30-22)7-3-6-24(36)31-37/h2,4-5,16,18,21H,3,6-15,17H2,1H3,(H-,28,29,30,31,36,37)/p+1. The Labute approximate surface area is 248 Å². The minimum absolute atomic E-state index is 0.0964. The zero-order valence-electron chi connectivity index (χ0n) is 23.5. The molecule has 1 unspecified atom stereocenters. The van der Waals surface area contributed by atoms with Crippen molar-refractivity contribution in [2.75, 3.05) is 70.2 Å². The number of rotatable bonds is 9. The largest absolute Gasteiger partial charge is 0.378 e. The minimum atomic E-state index is -3.17. The SMILES string of the molecule is CS(=O)(=O)N1CCN(Cc2cc3nc(C4=CC=CC5=N[N+](CCCC(=O)NO)=CC45)nc(N4CCOCC4)c3s2)CC1. The first kappa shape index (κ1) is 29.0. The third-order valence-electron chi connectivity index (χ3n) is 7.83. The lowest BCUT2D eigenvalue weighted by Crippen LogP contribution is -2.47. The molecule has 1 aliphatic carbocycles. The van der Waals surface area contributed by atoms with Gasteiger partial charge < -0.3 is 9.64 Å². The van der Waals surface area contributed by atoms with Gasteiger partial charge in [0.25, 0.3) is 0 Å². The van der Waals surface area contributed by atoms with Gasteiger partial charge in [-0.2, -0.15) is 4.31 Å². The zero-order valence-corrected chi connectivity index (χ0v) is 25.1. The molecule has 1 atom stereocenters. The van der Waals surface area contributed by atoms with Crippen LogP contribution in [0.4, 0.5) is 5.82 Å². The molecule has 0 spiro atoms. The van der Waals surface area contributed by atoms with E-state index in [-0.39, 0.29) is 12.3 Å². The monoisotopic (exact) mass is 615 g/mol. The first-order chi connectivity index (χ1) is 20.3. The van der Waals surface area contributed by atoms with E-state index in [0.717, 1.165) is 47.0 Å². The van der Waals surface area contributed by atoms with Crippen LogP contribution in [-0.2, 0) is 26.1 Å². The molecule has 224 valence electrons. The van der Waals surface area contributed by atoms with Crippen LogP contribution in [0.15, 0.2) is 29.4 Å². The van der Waals surface area contributed by atoms with Gasteiger partial charge in [0.2, 0.25) is 15.9 Å². The Hall–Kier alpha value is -3.08. The Bertz CT molecular complexity index is 1580. The molecule has 2 fully saturated rings. The van der Waals surface area contributed by atoms with Crippen molar-refractivity contribution in [2.45, 2.75) is 19.4 Å². The molecule has 0 bridgehead atoms. The van der Waals surface area contributed by atoms with E-state index in [9.17, 15) is 13.2 Å². The van der Waals surface area contributed by atoms with E-state index in [1.807, 2.05) is 29.1 Å². The molecule has 2 aromatic rings. The fourth-order valence-electron chi connectivity index (χ4n) is 5.62. The number of carbonyl (C=O) groups is 1. The molecule has 0 radical (unpaired) electrons. The molecule has 6 rings (SSSR count). The number of hydrazone groups is 1. The summed E-state index contributed by atoms with van der Waals surface area (Å²) in [6.45, 7) is 6.47. The number of amides is 1. The summed E-state index contributed by atoms with van der Waals surface area (Å²) >= 11 is 1.70. The average Bonchev–Trinajstić information content (AvgIpc) is 3.60. The van der Waals surface area contributed by atoms with Gasteiger partial charge in [-0.1, -0.05) is 16.8 Å². The van der Waals surface area contributed by atoms with E-state index < -0.39 is 15.9 Å². The molecule has 5 heterocycles. The summed E-state index contributed by atoms with van der Waals surface area (Å²) in [6.07, 6.45) is 10.1. The van der Waals surface area contributed by atoms with E-state index >= 15 is 0 Å². The first-order valence-corrected chi connectivity index (χ1v) is 16.8. The third-order valence-corrected chi connectivity index (χ3v) is 10.2. The number of piperazine rings is 1. The smallest absolute Gasteiger partial charge is 0.243 e. The van der Waals surface area contributed by atoms with Crippen LogP contribution in [0, 0.1) is 5.92 Å². The summed E-state index contributed by atoms with van der Waals surface area (Å²) in [7, 11) is -3.17. The molecule has 42 heavy (non-hydrogen) atoms. The highest BCUT2D eigenvalue weighted by atomic mass is 32.2. The Kier molecular flexibility index (Phi) is 8.47. The van der Waals surface area contributed by atoms with Crippen LogP contribution in [0.25, 0.3) is 15.8 Å². The molecular formula is C27H35N8O5S2+. The van der Waals surface area contributed by atoms with E-state index in [4.69, 9.17) is 25.0 Å². The lowest BCUT2D eigenvalue weighted by Gasteiger charge is -2.32. The van der Waals surface area contributed by atoms with Gasteiger partial charge in [0.05, 0.1) is 29.7 Å². The highest BCUT2D eigenvalue weighted by Crippen LogP contribution is 2.36. The predicted molar refractivity (Wildman–Crippen MR) is 161 cm³/mol. The van der Waals surface area contributed by atoms with Gasteiger partial charge in [-0.3, -0.25) is 14.9 Å². The molecule has 1 amide bonds. The number of allylic oxidation sites excluding steroid dienone is 4. The molecule has 2 saturated heterocycles. The summed E-state index contributed by atoms with van der Waals surface area (Å²) in [5.74, 6) is 1.06. The number of hydrogen-bond acceptors (Lipinski definition) is 11. The zero-order chi connectivity index (χ0) is 29.3. The van der Waals surface area contributed by atoms with Crippen molar-refractivity contribution in [1.29, 1.82) is 0 Å². The number of morpholine rings is 1. The number of thiophene rings is 1. The lowest BCUT2D eigenvalue weighted by atomic mass is 9.90. The number of anilines is 1. The van der Waals surface area contributed by atoms with Crippen molar-refractivity contribution in [3.8, 4) is 0 Å². The van der Waals surface area contributed by atoms with E-state index in [1.165, 1.54) is 11.1 Å². The number of nitrogens with one attached hydrogen (secondary N) is 1. The van der Waals surface area contributed by atoms with Crippen molar-refractivity contribution in [3.63, 3.8) is 0 Å². The number of nitrogens with zero attached hydrogens (tertiary/aromatic N) is 7. The number of sulfonamides is 1. The van der Waals surface area contributed by atoms with Crippen molar-refractivity contribution < 1.29 is 27.8 Å². The summed E-state index contributed by atoms with van der Waals surface area (Å²) in [5, 5.41) is 13.5. The Morgan fingerprint density at radius 2 is 1.98 bits per heavy atom. The minimum Gasteiger partial charge on any atom is -0.378 e. The van der Waals surface area contributed by atoms with Gasteiger partial charge in [-0.25, -0.2) is 23.9 Å². The Morgan fingerprint density at radius 1 is 1.19 bits per heavy atom. The summed E-state index contributed by atoms with van der Waals surface area (Å²) in [5.41, 5.74) is 4.43. The molecule has 3 aliphatic heterocycles. The molecule has 0 saturated carbocycles. The Morgan fingerprint density at radius 3 is 2.71 bits per heavy atom. The maximum Gasteiger partial charge on any atom is 0.243 e. The maximum atomic E-state index is 11.9. The first-order valence-electron chi connectivity index (χ1n) is 14.1. The van der Waals surface area contributed by atoms with Gasteiger partial charge in [-0.15, -0.1) is 11.3 Å². The summed E-state index contributed by atoms with van der Waals surface area (Å²) in [6, 6.07) is 2.14. The second kappa shape index (κ2) is 12.3. The van der Waals surface area contributed by atoms with Crippen molar-refractivity contribution in [3.05, 3.63) is 35.0 Å². The molecule has 4 aliphatic rings. The van der Waals surface area contributed by atoms with E-state index in [0.29, 0.717) is 58.2 Å². The van der Waals surface area contributed by atoms with Crippen LogP contribution >= 0.6 is 11.3 Å². The topological polar surface area (TPSA) is 144 Å². The highest BCUT2D eigenvalue weighted by molar-refractivity contribution is 7.88. The highest BCUT2D eigenvalue weighted by Gasteiger charge is 2.34. The molecule has 0 aromatic carbocycles. The summed E-state index contributed by atoms with van der Waals surface area (Å²) < 4.78 is 33.9. The second-order valence-corrected chi connectivity index (χ2v) is 13.9. The van der Waals surface area contributed by atoms with E-state index in [2.05, 4.69) is 15.9 Å². The quantitative estimate of drug-likeness (QED) is 0.239. The Balaban J connectivity index is 1.27. The molecule has 15 heteroatoms. The third kappa shape index (κ3) is 6.31. The molecular weight excluding hydrogens is 580 g/mol. The normalized spacial score (nSPS) is 21.7. The van der Waals surface area contributed by atoms with Crippen LogP contribution in [0.5, 0.6) is 0 Å². The number of carbonyl (C=O) groups excluding carboxylic acids is 1. The number of hydroxylamine groups is 1. The maximum absolute atomic E-state index is 11.9. The number of aromatic nitrogens is 2. The number of ether oxygens (including phenoxy) is 1. The van der Waals surface area contributed by atoms with Crippen LogP contribution in [-0.4, -0.2) is 121 Å². The van der Waals surface area contributed by atoms with Crippen molar-refractivity contribution in [2.24, 2.45) is 11.0 Å². The predicted octanol–water partition coefficient (Wildman–Crippen LogP) is 0.913. The van der Waals surface area contributed by atoms with Crippen LogP contribution in [0.2, 0.25) is 0 Å².